The molecule has 0 saturated heterocycles. The standard InChI is InChI=1S/C23H22F3N3O2/c1-29(15-18-4-2-3-5-20(18)23(24,25)26)13-12-16-6-9-19(10-7-16)31-21-11-8-17(14-28-21)22(27)30/h2-11,14H,12-13,15H2,1H3,(H2,27,30). The number of pyridine rings is 1. The Morgan fingerprint density at radius 3 is 2.39 bits per heavy atom. The molecule has 1 aromatic heterocycles. The predicted octanol–water partition coefficient (Wildman–Crippen LogP) is 4.67. The van der Waals surface area contributed by atoms with Gasteiger partial charge in [-0.2, -0.15) is 13.2 Å². The number of likely N-dealkylation sites (N-methyl/N-ethyl adjacent to an activating group) is 1. The molecule has 0 saturated carbocycles. The van der Waals surface area contributed by atoms with Gasteiger partial charge in [-0.1, -0.05) is 30.3 Å². The van der Waals surface area contributed by atoms with E-state index in [9.17, 15) is 18.0 Å². The minimum atomic E-state index is -4.36. The van der Waals surface area contributed by atoms with Gasteiger partial charge in [-0.25, -0.2) is 4.98 Å². The zero-order valence-corrected chi connectivity index (χ0v) is 16.9. The van der Waals surface area contributed by atoms with E-state index in [2.05, 4.69) is 4.98 Å². The van der Waals surface area contributed by atoms with E-state index in [4.69, 9.17) is 10.5 Å². The molecule has 0 radical (unpaired) electrons. The van der Waals surface area contributed by atoms with Gasteiger partial charge in [0.05, 0.1) is 11.1 Å². The van der Waals surface area contributed by atoms with Crippen molar-refractivity contribution in [3.63, 3.8) is 0 Å². The summed E-state index contributed by atoms with van der Waals surface area (Å²) >= 11 is 0. The maximum Gasteiger partial charge on any atom is 0.416 e. The number of hydrogen-bond donors (Lipinski definition) is 1. The number of carbonyl (C=O) groups excluding carboxylic acids is 1. The summed E-state index contributed by atoms with van der Waals surface area (Å²) < 4.78 is 45.1. The van der Waals surface area contributed by atoms with Crippen LogP contribution in [0.1, 0.15) is 27.0 Å². The van der Waals surface area contributed by atoms with Crippen LogP contribution in [0.25, 0.3) is 0 Å². The average molecular weight is 429 g/mol. The molecule has 0 bridgehead atoms. The lowest BCUT2D eigenvalue weighted by Crippen LogP contribution is -2.22. The fraction of sp³-hybridized carbons (Fsp3) is 0.217. The van der Waals surface area contributed by atoms with Crippen LogP contribution in [0, 0.1) is 0 Å². The lowest BCUT2D eigenvalue weighted by atomic mass is 10.1. The van der Waals surface area contributed by atoms with Crippen LogP contribution in [-0.4, -0.2) is 29.4 Å². The molecule has 0 aliphatic rings. The van der Waals surface area contributed by atoms with E-state index in [1.807, 2.05) is 17.0 Å². The van der Waals surface area contributed by atoms with Crippen LogP contribution in [0.2, 0.25) is 0 Å². The van der Waals surface area contributed by atoms with Crippen molar-refractivity contribution >= 4 is 5.91 Å². The first-order valence-corrected chi connectivity index (χ1v) is 9.58. The summed E-state index contributed by atoms with van der Waals surface area (Å²) in [7, 11) is 1.80. The number of rotatable bonds is 8. The molecular formula is C23H22F3N3O2. The number of hydrogen-bond acceptors (Lipinski definition) is 4. The average Bonchev–Trinajstić information content (AvgIpc) is 2.73. The molecule has 0 aliphatic carbocycles. The van der Waals surface area contributed by atoms with Crippen LogP contribution >= 0.6 is 0 Å². The summed E-state index contributed by atoms with van der Waals surface area (Å²) in [6.45, 7) is 0.812. The molecule has 2 aromatic carbocycles. The van der Waals surface area contributed by atoms with Crippen molar-refractivity contribution in [1.29, 1.82) is 0 Å². The van der Waals surface area contributed by atoms with E-state index in [1.165, 1.54) is 24.4 Å². The number of aromatic nitrogens is 1. The molecular weight excluding hydrogens is 407 g/mol. The molecule has 2 N–H and O–H groups in total. The summed E-state index contributed by atoms with van der Waals surface area (Å²) in [5, 5.41) is 0. The molecule has 0 unspecified atom stereocenters. The number of nitrogens with two attached hydrogens (primary N) is 1. The third kappa shape index (κ3) is 6.29. The minimum absolute atomic E-state index is 0.212. The Hall–Kier alpha value is -3.39. The number of amides is 1. The summed E-state index contributed by atoms with van der Waals surface area (Å²) in [6.07, 6.45) is -2.34. The Balaban J connectivity index is 1.54. The summed E-state index contributed by atoms with van der Waals surface area (Å²) in [5.41, 5.74) is 6.17. The number of nitrogens with zero attached hydrogens (tertiary/aromatic N) is 2. The topological polar surface area (TPSA) is 68.5 Å². The molecule has 1 amide bonds. The van der Waals surface area contributed by atoms with Gasteiger partial charge in [0.15, 0.2) is 0 Å². The molecule has 31 heavy (non-hydrogen) atoms. The highest BCUT2D eigenvalue weighted by Crippen LogP contribution is 2.32. The third-order valence-corrected chi connectivity index (χ3v) is 4.71. The van der Waals surface area contributed by atoms with Gasteiger partial charge in [0, 0.05) is 25.4 Å². The van der Waals surface area contributed by atoms with Crippen molar-refractivity contribution in [2.24, 2.45) is 5.73 Å². The number of halogens is 3. The monoisotopic (exact) mass is 429 g/mol. The quantitative estimate of drug-likeness (QED) is 0.565. The van der Waals surface area contributed by atoms with Gasteiger partial charge in [0.1, 0.15) is 5.75 Å². The lowest BCUT2D eigenvalue weighted by Gasteiger charge is -2.20. The SMILES string of the molecule is CN(CCc1ccc(Oc2ccc(C(N)=O)cn2)cc1)Cc1ccccc1C(F)(F)F. The van der Waals surface area contributed by atoms with E-state index in [1.54, 1.807) is 31.3 Å². The number of ether oxygens (including phenoxy) is 1. The smallest absolute Gasteiger partial charge is 0.416 e. The first-order chi connectivity index (χ1) is 14.7. The number of alkyl halides is 3. The molecule has 162 valence electrons. The van der Waals surface area contributed by atoms with Crippen LogP contribution in [0.4, 0.5) is 13.2 Å². The molecule has 1 heterocycles. The fourth-order valence-electron chi connectivity index (χ4n) is 3.06. The predicted molar refractivity (Wildman–Crippen MR) is 111 cm³/mol. The van der Waals surface area contributed by atoms with Crippen LogP contribution < -0.4 is 10.5 Å². The van der Waals surface area contributed by atoms with E-state index in [0.29, 0.717) is 30.2 Å². The van der Waals surface area contributed by atoms with Gasteiger partial charge in [-0.15, -0.1) is 0 Å². The molecule has 3 rings (SSSR count). The largest absolute Gasteiger partial charge is 0.439 e. The summed E-state index contributed by atoms with van der Waals surface area (Å²) in [6, 6.07) is 16.1. The molecule has 3 aromatic rings. The zero-order chi connectivity index (χ0) is 22.4. The summed E-state index contributed by atoms with van der Waals surface area (Å²) in [5.74, 6) is 0.353. The lowest BCUT2D eigenvalue weighted by molar-refractivity contribution is -0.138. The Morgan fingerprint density at radius 1 is 1.06 bits per heavy atom. The molecule has 0 atom stereocenters. The minimum Gasteiger partial charge on any atom is -0.439 e. The van der Waals surface area contributed by atoms with E-state index < -0.39 is 17.6 Å². The summed E-state index contributed by atoms with van der Waals surface area (Å²) in [4.78, 5) is 17.0. The van der Waals surface area contributed by atoms with Crippen molar-refractivity contribution in [3.05, 3.63) is 89.1 Å². The highest BCUT2D eigenvalue weighted by molar-refractivity contribution is 5.92. The Kier molecular flexibility index (Phi) is 6.91. The van der Waals surface area contributed by atoms with E-state index in [-0.39, 0.29) is 12.1 Å². The van der Waals surface area contributed by atoms with Crippen molar-refractivity contribution < 1.29 is 22.7 Å². The van der Waals surface area contributed by atoms with Gasteiger partial charge in [-0.05, 0) is 48.9 Å². The zero-order valence-electron chi connectivity index (χ0n) is 16.9. The molecule has 0 spiro atoms. The third-order valence-electron chi connectivity index (χ3n) is 4.71. The number of carbonyl (C=O) groups is 1. The van der Waals surface area contributed by atoms with Gasteiger partial charge in [-0.3, -0.25) is 4.79 Å². The Labute approximate surface area is 178 Å². The maximum atomic E-state index is 13.1. The van der Waals surface area contributed by atoms with Gasteiger partial charge >= 0.3 is 6.18 Å². The molecule has 5 nitrogen and oxygen atoms in total. The second-order valence-electron chi connectivity index (χ2n) is 7.14. The van der Waals surface area contributed by atoms with Crippen molar-refractivity contribution in [2.45, 2.75) is 19.1 Å². The van der Waals surface area contributed by atoms with E-state index >= 15 is 0 Å². The highest BCUT2D eigenvalue weighted by Gasteiger charge is 2.32. The van der Waals surface area contributed by atoms with Gasteiger partial charge in [0.2, 0.25) is 11.8 Å². The normalized spacial score (nSPS) is 11.5. The number of primary amides is 1. The van der Waals surface area contributed by atoms with Gasteiger partial charge < -0.3 is 15.4 Å². The van der Waals surface area contributed by atoms with Crippen molar-refractivity contribution in [2.75, 3.05) is 13.6 Å². The van der Waals surface area contributed by atoms with Crippen molar-refractivity contribution in [3.8, 4) is 11.6 Å². The molecule has 0 aliphatic heterocycles. The Bertz CT molecular complexity index is 1020. The van der Waals surface area contributed by atoms with Crippen LogP contribution in [0.5, 0.6) is 11.6 Å². The first kappa shape index (κ1) is 22.3. The Morgan fingerprint density at radius 2 is 1.77 bits per heavy atom. The number of benzene rings is 2. The van der Waals surface area contributed by atoms with Crippen LogP contribution in [-0.2, 0) is 19.1 Å². The molecule has 0 fully saturated rings. The van der Waals surface area contributed by atoms with Gasteiger partial charge in [0.25, 0.3) is 0 Å². The van der Waals surface area contributed by atoms with E-state index in [0.717, 1.165) is 11.6 Å². The second-order valence-corrected chi connectivity index (χ2v) is 7.14. The highest BCUT2D eigenvalue weighted by atomic mass is 19.4. The molecule has 8 heteroatoms. The van der Waals surface area contributed by atoms with Crippen molar-refractivity contribution in [1.82, 2.24) is 9.88 Å². The maximum absolute atomic E-state index is 13.1. The first-order valence-electron chi connectivity index (χ1n) is 9.58. The fourth-order valence-corrected chi connectivity index (χ4v) is 3.06. The van der Waals surface area contributed by atoms with Crippen LogP contribution in [0.15, 0.2) is 66.9 Å². The van der Waals surface area contributed by atoms with Crippen LogP contribution in [0.3, 0.4) is 0 Å². The second kappa shape index (κ2) is 9.61.